The molecule has 0 aliphatic heterocycles. The first kappa shape index (κ1) is 25.2. The van der Waals surface area contributed by atoms with E-state index >= 15 is 0 Å². The number of rotatable bonds is 11. The summed E-state index contributed by atoms with van der Waals surface area (Å²) in [6, 6.07) is 15.0. The van der Waals surface area contributed by atoms with E-state index in [1.54, 1.807) is 48.5 Å². The summed E-state index contributed by atoms with van der Waals surface area (Å²) in [5.41, 5.74) is 1.13. The molecule has 1 aromatic heterocycles. The van der Waals surface area contributed by atoms with Crippen LogP contribution in [0.1, 0.15) is 35.3 Å². The maximum atomic E-state index is 12.7. The molecule has 0 saturated carbocycles. The number of hydrogen-bond donors (Lipinski definition) is 2. The van der Waals surface area contributed by atoms with Crippen LogP contribution in [0.25, 0.3) is 0 Å². The summed E-state index contributed by atoms with van der Waals surface area (Å²) in [4.78, 5) is 37.4. The van der Waals surface area contributed by atoms with E-state index in [9.17, 15) is 14.4 Å². The number of carbonyl (C=O) groups is 3. The lowest BCUT2D eigenvalue weighted by atomic mass is 10.0. The number of carbonyl (C=O) groups excluding carboxylic acids is 3. The highest BCUT2D eigenvalue weighted by atomic mass is 32.2. The van der Waals surface area contributed by atoms with E-state index < -0.39 is 24.5 Å². The van der Waals surface area contributed by atoms with Crippen molar-refractivity contribution < 1.29 is 23.9 Å². The van der Waals surface area contributed by atoms with E-state index in [2.05, 4.69) is 20.8 Å². The number of esters is 1. The van der Waals surface area contributed by atoms with E-state index in [-0.39, 0.29) is 12.3 Å². The van der Waals surface area contributed by atoms with E-state index in [0.29, 0.717) is 22.0 Å². The zero-order valence-corrected chi connectivity index (χ0v) is 20.3. The molecule has 0 aliphatic rings. The molecule has 2 amide bonds. The quantitative estimate of drug-likeness (QED) is 0.232. The largest absolute Gasteiger partial charge is 0.497 e. The van der Waals surface area contributed by atoms with E-state index in [4.69, 9.17) is 9.47 Å². The number of hydrogen-bond acceptors (Lipinski definition) is 9. The van der Waals surface area contributed by atoms with Gasteiger partial charge in [0, 0.05) is 5.56 Å². The van der Waals surface area contributed by atoms with Crippen LogP contribution in [0, 0.1) is 0 Å². The Morgan fingerprint density at radius 2 is 1.88 bits per heavy atom. The van der Waals surface area contributed by atoms with Crippen LogP contribution in [0.15, 0.2) is 58.9 Å². The van der Waals surface area contributed by atoms with Crippen LogP contribution in [0.5, 0.6) is 5.75 Å². The van der Waals surface area contributed by atoms with E-state index in [0.717, 1.165) is 10.1 Å². The van der Waals surface area contributed by atoms with Gasteiger partial charge in [-0.25, -0.2) is 0 Å². The molecule has 0 bridgehead atoms. The lowest BCUT2D eigenvalue weighted by Gasteiger charge is -2.19. The number of methoxy groups -OCH3 is 1. The van der Waals surface area contributed by atoms with Gasteiger partial charge < -0.3 is 14.8 Å². The molecule has 11 heteroatoms. The lowest BCUT2D eigenvalue weighted by Crippen LogP contribution is -2.31. The lowest BCUT2D eigenvalue weighted by molar-refractivity contribution is -0.147. The summed E-state index contributed by atoms with van der Waals surface area (Å²) in [6.45, 7) is 1.51. The minimum absolute atomic E-state index is 0.172. The molecule has 3 aromatic rings. The summed E-state index contributed by atoms with van der Waals surface area (Å²) >= 11 is 2.76. The van der Waals surface area contributed by atoms with Crippen molar-refractivity contribution in [3.8, 4) is 5.75 Å². The number of amides is 2. The predicted molar refractivity (Wildman–Crippen MR) is 130 cm³/mol. The molecule has 2 N–H and O–H groups in total. The second kappa shape index (κ2) is 12.7. The average molecular weight is 501 g/mol. The molecule has 0 unspecified atom stereocenters. The third-order valence-electron chi connectivity index (χ3n) is 4.49. The summed E-state index contributed by atoms with van der Waals surface area (Å²) in [5.74, 6) is -0.0763. The van der Waals surface area contributed by atoms with Gasteiger partial charge in [-0.3, -0.25) is 19.7 Å². The number of ether oxygens (including phenoxy) is 2. The molecule has 9 nitrogen and oxygen atoms in total. The normalized spacial score (nSPS) is 11.4. The Kier molecular flexibility index (Phi) is 9.41. The Hall–Kier alpha value is -3.44. The molecule has 0 radical (unpaired) electrons. The molecule has 3 rings (SSSR count). The second-order valence-electron chi connectivity index (χ2n) is 6.89. The number of benzene rings is 2. The standard InChI is InChI=1S/C23H24N4O5S2/c1-3-33-23-27-26-22(34-23)25-19(28)14-32-20(29)13-18(16-10-7-11-17(12-16)31-2)24-21(30)15-8-5-4-6-9-15/h4-12,18H,3,13-14H2,1-2H3,(H,24,30)(H,25,26,28)/t18-/m0/s1. The molecular weight excluding hydrogens is 476 g/mol. The smallest absolute Gasteiger partial charge is 0.308 e. The van der Waals surface area contributed by atoms with E-state index in [1.165, 1.54) is 30.2 Å². The summed E-state index contributed by atoms with van der Waals surface area (Å²) in [6.07, 6.45) is -0.172. The van der Waals surface area contributed by atoms with Gasteiger partial charge in [0.25, 0.3) is 11.8 Å². The van der Waals surface area contributed by atoms with Crippen molar-refractivity contribution >= 4 is 46.0 Å². The van der Waals surface area contributed by atoms with Crippen LogP contribution < -0.4 is 15.4 Å². The summed E-state index contributed by atoms with van der Waals surface area (Å²) in [7, 11) is 1.53. The van der Waals surface area contributed by atoms with Crippen molar-refractivity contribution in [2.24, 2.45) is 0 Å². The Morgan fingerprint density at radius 1 is 1.09 bits per heavy atom. The van der Waals surface area contributed by atoms with Crippen LogP contribution in [0.4, 0.5) is 5.13 Å². The maximum absolute atomic E-state index is 12.7. The van der Waals surface area contributed by atoms with Gasteiger partial charge in [-0.1, -0.05) is 60.4 Å². The average Bonchev–Trinajstić information content (AvgIpc) is 3.29. The van der Waals surface area contributed by atoms with Crippen molar-refractivity contribution in [2.45, 2.75) is 23.7 Å². The van der Waals surface area contributed by atoms with Crippen LogP contribution >= 0.6 is 23.1 Å². The van der Waals surface area contributed by atoms with Crippen molar-refractivity contribution in [3.05, 3.63) is 65.7 Å². The first-order chi connectivity index (χ1) is 16.5. The SMILES string of the molecule is CCSc1nnc(NC(=O)COC(=O)C[C@H](NC(=O)c2ccccc2)c2cccc(OC)c2)s1. The van der Waals surface area contributed by atoms with Crippen LogP contribution in [-0.2, 0) is 14.3 Å². The molecule has 34 heavy (non-hydrogen) atoms. The highest BCUT2D eigenvalue weighted by molar-refractivity contribution is 8.01. The van der Waals surface area contributed by atoms with Gasteiger partial charge in [-0.2, -0.15) is 0 Å². The zero-order chi connectivity index (χ0) is 24.3. The molecule has 2 aromatic carbocycles. The van der Waals surface area contributed by atoms with Crippen molar-refractivity contribution in [2.75, 3.05) is 24.8 Å². The minimum atomic E-state index is -0.685. The number of thioether (sulfide) groups is 1. The first-order valence-electron chi connectivity index (χ1n) is 10.4. The fraction of sp³-hybridized carbons (Fsp3) is 0.261. The molecule has 0 fully saturated rings. The van der Waals surface area contributed by atoms with Crippen molar-refractivity contribution in [1.29, 1.82) is 0 Å². The van der Waals surface area contributed by atoms with Gasteiger partial charge in [0.15, 0.2) is 10.9 Å². The minimum Gasteiger partial charge on any atom is -0.497 e. The highest BCUT2D eigenvalue weighted by Gasteiger charge is 2.21. The maximum Gasteiger partial charge on any atom is 0.308 e. The monoisotopic (exact) mass is 500 g/mol. The Morgan fingerprint density at radius 3 is 2.62 bits per heavy atom. The second-order valence-corrected chi connectivity index (χ2v) is 9.38. The van der Waals surface area contributed by atoms with E-state index in [1.807, 2.05) is 13.0 Å². The van der Waals surface area contributed by atoms with Gasteiger partial charge in [-0.05, 0) is 35.6 Å². The Labute approximate surface area is 205 Å². The predicted octanol–water partition coefficient (Wildman–Crippen LogP) is 3.70. The highest BCUT2D eigenvalue weighted by Crippen LogP contribution is 2.25. The zero-order valence-electron chi connectivity index (χ0n) is 18.6. The van der Waals surface area contributed by atoms with Gasteiger partial charge in [-0.15, -0.1) is 10.2 Å². The number of nitrogens with one attached hydrogen (secondary N) is 2. The fourth-order valence-corrected chi connectivity index (χ4v) is 4.58. The number of aromatic nitrogens is 2. The number of anilines is 1. The molecular formula is C23H24N4O5S2. The van der Waals surface area contributed by atoms with Gasteiger partial charge >= 0.3 is 5.97 Å². The summed E-state index contributed by atoms with van der Waals surface area (Å²) < 4.78 is 11.1. The van der Waals surface area contributed by atoms with Crippen molar-refractivity contribution in [1.82, 2.24) is 15.5 Å². The Balaban J connectivity index is 1.61. The third kappa shape index (κ3) is 7.56. The molecule has 0 aliphatic carbocycles. The molecule has 1 atom stereocenters. The molecule has 178 valence electrons. The molecule has 1 heterocycles. The van der Waals surface area contributed by atoms with Crippen LogP contribution in [0.3, 0.4) is 0 Å². The van der Waals surface area contributed by atoms with Gasteiger partial charge in [0.2, 0.25) is 5.13 Å². The topological polar surface area (TPSA) is 120 Å². The third-order valence-corrected chi connectivity index (χ3v) is 6.35. The van der Waals surface area contributed by atoms with Crippen molar-refractivity contribution in [3.63, 3.8) is 0 Å². The first-order valence-corrected chi connectivity index (χ1v) is 12.2. The van der Waals surface area contributed by atoms with Gasteiger partial charge in [0.05, 0.1) is 19.6 Å². The Bertz CT molecular complexity index is 1120. The summed E-state index contributed by atoms with van der Waals surface area (Å²) in [5, 5.41) is 13.6. The van der Waals surface area contributed by atoms with Crippen LogP contribution in [-0.4, -0.2) is 47.5 Å². The molecule has 0 spiro atoms. The van der Waals surface area contributed by atoms with Gasteiger partial charge in [0.1, 0.15) is 5.75 Å². The fourth-order valence-electron chi connectivity index (χ4n) is 2.91. The van der Waals surface area contributed by atoms with Crippen LogP contribution in [0.2, 0.25) is 0 Å². The molecule has 0 saturated heterocycles. The number of nitrogens with zero attached hydrogens (tertiary/aromatic N) is 2.